The van der Waals surface area contributed by atoms with Crippen LogP contribution in [-0.2, 0) is 4.79 Å². The van der Waals surface area contributed by atoms with Gasteiger partial charge in [-0.05, 0) is 43.3 Å². The third-order valence-corrected chi connectivity index (χ3v) is 5.14. The Labute approximate surface area is 177 Å². The van der Waals surface area contributed by atoms with Gasteiger partial charge in [0.05, 0.1) is 24.7 Å². The van der Waals surface area contributed by atoms with E-state index in [1.807, 2.05) is 13.0 Å². The number of nitrogens with zero attached hydrogens (tertiary/aromatic N) is 3. The number of methoxy groups -OCH3 is 1. The SMILES string of the molecule is CCOc1ccc(-c2noc(C3CC(=O)N(c4ccc(F)c(Cl)c4)C3)n2)cc1OC. The number of rotatable bonds is 6. The van der Waals surface area contributed by atoms with Gasteiger partial charge in [-0.25, -0.2) is 4.39 Å². The standard InChI is InChI=1S/C21H19ClFN3O4/c1-3-29-17-7-4-12(8-18(17)28-2)20-24-21(30-25-20)13-9-19(27)26(11-13)14-5-6-16(23)15(22)10-14/h4-8,10,13H,3,9,11H2,1-2H3. The van der Waals surface area contributed by atoms with Gasteiger partial charge in [-0.3, -0.25) is 4.79 Å². The largest absolute Gasteiger partial charge is 0.493 e. The highest BCUT2D eigenvalue weighted by Crippen LogP contribution is 2.35. The predicted molar refractivity (Wildman–Crippen MR) is 109 cm³/mol. The lowest BCUT2D eigenvalue weighted by Gasteiger charge is -2.16. The summed E-state index contributed by atoms with van der Waals surface area (Å²) in [4.78, 5) is 18.5. The van der Waals surface area contributed by atoms with Crippen molar-refractivity contribution in [1.29, 1.82) is 0 Å². The van der Waals surface area contributed by atoms with Gasteiger partial charge in [0, 0.05) is 24.2 Å². The van der Waals surface area contributed by atoms with Gasteiger partial charge in [0.15, 0.2) is 11.5 Å². The molecule has 0 aliphatic carbocycles. The Morgan fingerprint density at radius 2 is 2.10 bits per heavy atom. The van der Waals surface area contributed by atoms with Crippen molar-refractivity contribution >= 4 is 23.2 Å². The number of ether oxygens (including phenoxy) is 2. The van der Waals surface area contributed by atoms with E-state index in [4.69, 9.17) is 25.6 Å². The molecule has 2 heterocycles. The quantitative estimate of drug-likeness (QED) is 0.573. The molecule has 0 bridgehead atoms. The summed E-state index contributed by atoms with van der Waals surface area (Å²) in [7, 11) is 1.56. The minimum Gasteiger partial charge on any atom is -0.493 e. The fraction of sp³-hybridized carbons (Fsp3) is 0.286. The Hall–Kier alpha value is -3.13. The van der Waals surface area contributed by atoms with E-state index >= 15 is 0 Å². The van der Waals surface area contributed by atoms with Crippen LogP contribution in [0.2, 0.25) is 5.02 Å². The van der Waals surface area contributed by atoms with Crippen molar-refractivity contribution in [2.45, 2.75) is 19.3 Å². The molecule has 156 valence electrons. The number of hydrogen-bond acceptors (Lipinski definition) is 6. The summed E-state index contributed by atoms with van der Waals surface area (Å²) in [6.45, 7) is 2.76. The number of aromatic nitrogens is 2. The molecule has 9 heteroatoms. The van der Waals surface area contributed by atoms with Crippen LogP contribution in [0, 0.1) is 5.82 Å². The monoisotopic (exact) mass is 431 g/mol. The van der Waals surface area contributed by atoms with E-state index in [1.54, 1.807) is 24.1 Å². The van der Waals surface area contributed by atoms with Crippen LogP contribution in [0.1, 0.15) is 25.2 Å². The molecule has 1 saturated heterocycles. The van der Waals surface area contributed by atoms with Crippen LogP contribution >= 0.6 is 11.6 Å². The van der Waals surface area contributed by atoms with Crippen molar-refractivity contribution in [2.24, 2.45) is 0 Å². The zero-order valence-corrected chi connectivity index (χ0v) is 17.1. The summed E-state index contributed by atoms with van der Waals surface area (Å²) >= 11 is 5.85. The summed E-state index contributed by atoms with van der Waals surface area (Å²) < 4.78 is 29.7. The Bertz CT molecular complexity index is 1090. The number of carbonyl (C=O) groups excluding carboxylic acids is 1. The van der Waals surface area contributed by atoms with E-state index < -0.39 is 5.82 Å². The van der Waals surface area contributed by atoms with E-state index in [9.17, 15) is 9.18 Å². The number of amides is 1. The molecule has 7 nitrogen and oxygen atoms in total. The first-order chi connectivity index (χ1) is 14.5. The predicted octanol–water partition coefficient (Wildman–Crippen LogP) is 4.46. The highest BCUT2D eigenvalue weighted by Gasteiger charge is 2.35. The van der Waals surface area contributed by atoms with E-state index in [0.717, 1.165) is 0 Å². The van der Waals surface area contributed by atoms with Gasteiger partial charge in [-0.15, -0.1) is 0 Å². The molecule has 1 amide bonds. The van der Waals surface area contributed by atoms with Crippen molar-refractivity contribution in [3.05, 3.63) is 53.1 Å². The molecule has 3 aromatic rings. The molecule has 0 saturated carbocycles. The fourth-order valence-electron chi connectivity index (χ4n) is 3.38. The Kier molecular flexibility index (Phi) is 5.59. The minimum absolute atomic E-state index is 0.0340. The lowest BCUT2D eigenvalue weighted by molar-refractivity contribution is -0.117. The summed E-state index contributed by atoms with van der Waals surface area (Å²) in [5.41, 5.74) is 1.24. The van der Waals surface area contributed by atoms with E-state index in [2.05, 4.69) is 10.1 Å². The van der Waals surface area contributed by atoms with E-state index in [-0.39, 0.29) is 23.3 Å². The van der Waals surface area contributed by atoms with Crippen LogP contribution in [-0.4, -0.2) is 36.3 Å². The molecule has 0 N–H and O–H groups in total. The van der Waals surface area contributed by atoms with Gasteiger partial charge in [-0.2, -0.15) is 4.98 Å². The molecule has 1 unspecified atom stereocenters. The van der Waals surface area contributed by atoms with Crippen LogP contribution in [0.4, 0.5) is 10.1 Å². The summed E-state index contributed by atoms with van der Waals surface area (Å²) in [6, 6.07) is 9.56. The first-order valence-electron chi connectivity index (χ1n) is 9.40. The maximum atomic E-state index is 13.4. The number of halogens is 2. The maximum Gasteiger partial charge on any atom is 0.232 e. The van der Waals surface area contributed by atoms with Crippen molar-refractivity contribution in [3.8, 4) is 22.9 Å². The molecule has 0 spiro atoms. The smallest absolute Gasteiger partial charge is 0.232 e. The summed E-state index contributed by atoms with van der Waals surface area (Å²) in [5.74, 6) is 1.02. The Balaban J connectivity index is 1.54. The average molecular weight is 432 g/mol. The van der Waals surface area contributed by atoms with Crippen molar-refractivity contribution < 1.29 is 23.2 Å². The van der Waals surface area contributed by atoms with Crippen molar-refractivity contribution in [1.82, 2.24) is 10.1 Å². The van der Waals surface area contributed by atoms with Gasteiger partial charge in [-0.1, -0.05) is 16.8 Å². The van der Waals surface area contributed by atoms with Gasteiger partial charge in [0.25, 0.3) is 0 Å². The van der Waals surface area contributed by atoms with E-state index in [1.165, 1.54) is 18.2 Å². The number of hydrogen-bond donors (Lipinski definition) is 0. The molecule has 1 aromatic heterocycles. The van der Waals surface area contributed by atoms with Crippen LogP contribution < -0.4 is 14.4 Å². The molecular formula is C21H19ClFN3O4. The van der Waals surface area contributed by atoms with Gasteiger partial charge in [0.2, 0.25) is 17.6 Å². The van der Waals surface area contributed by atoms with Crippen molar-refractivity contribution in [2.75, 3.05) is 25.2 Å². The highest BCUT2D eigenvalue weighted by molar-refractivity contribution is 6.31. The highest BCUT2D eigenvalue weighted by atomic mass is 35.5. The Morgan fingerprint density at radius 3 is 2.83 bits per heavy atom. The Morgan fingerprint density at radius 1 is 1.27 bits per heavy atom. The lowest BCUT2D eigenvalue weighted by Crippen LogP contribution is -2.24. The van der Waals surface area contributed by atoms with Crippen LogP contribution in [0.15, 0.2) is 40.9 Å². The minimum atomic E-state index is -0.532. The molecule has 1 aliphatic rings. The third kappa shape index (κ3) is 3.82. The molecular weight excluding hydrogens is 413 g/mol. The topological polar surface area (TPSA) is 77.7 Å². The third-order valence-electron chi connectivity index (χ3n) is 4.85. The molecule has 0 radical (unpaired) electrons. The number of carbonyl (C=O) groups is 1. The first-order valence-corrected chi connectivity index (χ1v) is 9.78. The van der Waals surface area contributed by atoms with Crippen LogP contribution in [0.3, 0.4) is 0 Å². The zero-order chi connectivity index (χ0) is 21.3. The second-order valence-electron chi connectivity index (χ2n) is 6.76. The normalized spacial score (nSPS) is 16.2. The number of benzene rings is 2. The molecule has 30 heavy (non-hydrogen) atoms. The van der Waals surface area contributed by atoms with E-state index in [0.29, 0.717) is 47.6 Å². The van der Waals surface area contributed by atoms with Gasteiger partial charge < -0.3 is 18.9 Å². The fourth-order valence-corrected chi connectivity index (χ4v) is 3.55. The second kappa shape index (κ2) is 8.31. The maximum absolute atomic E-state index is 13.4. The second-order valence-corrected chi connectivity index (χ2v) is 7.17. The lowest BCUT2D eigenvalue weighted by atomic mass is 10.1. The average Bonchev–Trinajstić information content (AvgIpc) is 3.38. The molecule has 1 fully saturated rings. The van der Waals surface area contributed by atoms with Crippen molar-refractivity contribution in [3.63, 3.8) is 0 Å². The van der Waals surface area contributed by atoms with Crippen LogP contribution in [0.25, 0.3) is 11.4 Å². The molecule has 1 atom stereocenters. The zero-order valence-electron chi connectivity index (χ0n) is 16.4. The summed E-state index contributed by atoms with van der Waals surface area (Å²) in [6.07, 6.45) is 0.212. The molecule has 2 aromatic carbocycles. The van der Waals surface area contributed by atoms with Gasteiger partial charge >= 0.3 is 0 Å². The molecule has 4 rings (SSSR count). The van der Waals surface area contributed by atoms with Crippen LogP contribution in [0.5, 0.6) is 11.5 Å². The number of anilines is 1. The first kappa shape index (κ1) is 20.2. The molecule has 1 aliphatic heterocycles. The van der Waals surface area contributed by atoms with Gasteiger partial charge in [0.1, 0.15) is 5.82 Å². The summed E-state index contributed by atoms with van der Waals surface area (Å²) in [5, 5.41) is 4.01.